The fraction of sp³-hybridized carbons (Fsp3) is 0.417. The van der Waals surface area contributed by atoms with Crippen molar-refractivity contribution in [2.45, 2.75) is 11.4 Å². The van der Waals surface area contributed by atoms with Crippen LogP contribution in [0.4, 0.5) is 0 Å². The number of benzene rings is 1. The zero-order chi connectivity index (χ0) is 12.7. The van der Waals surface area contributed by atoms with Gasteiger partial charge in [0, 0.05) is 0 Å². The van der Waals surface area contributed by atoms with Crippen LogP contribution in [-0.2, 0) is 20.9 Å². The lowest BCUT2D eigenvalue weighted by molar-refractivity contribution is -0.141. The van der Waals surface area contributed by atoms with E-state index in [9.17, 15) is 4.79 Å². The number of esters is 1. The average Bonchev–Trinajstić information content (AvgIpc) is 2.37. The third-order valence-electron chi connectivity index (χ3n) is 2.12. The van der Waals surface area contributed by atoms with E-state index in [1.807, 2.05) is 24.3 Å². The molecule has 1 aromatic carbocycles. The van der Waals surface area contributed by atoms with Gasteiger partial charge in [-0.3, -0.25) is 4.79 Å². The lowest BCUT2D eigenvalue weighted by Gasteiger charge is -2.09. The fourth-order valence-corrected chi connectivity index (χ4v) is 1.61. The monoisotopic (exact) mass is 302 g/mol. The molecule has 94 valence electrons. The number of hydrogen-bond acceptors (Lipinski definition) is 4. The molecule has 0 heterocycles. The standard InChI is InChI=1S/C12H15BrO4/c1-15-10-5-3-4-9(6-10)7-17-8-11(13)12(14)16-2/h3-6,11H,7-8H2,1-2H3. The van der Waals surface area contributed by atoms with E-state index in [2.05, 4.69) is 20.7 Å². The smallest absolute Gasteiger partial charge is 0.321 e. The lowest BCUT2D eigenvalue weighted by atomic mass is 10.2. The lowest BCUT2D eigenvalue weighted by Crippen LogP contribution is -2.21. The molecule has 0 aliphatic rings. The number of rotatable bonds is 6. The first kappa shape index (κ1) is 14.0. The van der Waals surface area contributed by atoms with Crippen LogP contribution in [0.5, 0.6) is 5.75 Å². The van der Waals surface area contributed by atoms with Gasteiger partial charge < -0.3 is 14.2 Å². The molecule has 0 aliphatic carbocycles. The molecular weight excluding hydrogens is 288 g/mol. The highest BCUT2D eigenvalue weighted by Crippen LogP contribution is 2.13. The Kier molecular flexibility index (Phi) is 6.00. The number of halogens is 1. The molecule has 0 aliphatic heterocycles. The Labute approximate surface area is 109 Å². The van der Waals surface area contributed by atoms with Crippen LogP contribution < -0.4 is 4.74 Å². The highest BCUT2D eigenvalue weighted by Gasteiger charge is 2.14. The SMILES string of the molecule is COC(=O)C(Br)COCc1cccc(OC)c1. The van der Waals surface area contributed by atoms with Gasteiger partial charge in [0.25, 0.3) is 0 Å². The molecule has 5 heteroatoms. The van der Waals surface area contributed by atoms with E-state index in [-0.39, 0.29) is 12.6 Å². The zero-order valence-electron chi connectivity index (χ0n) is 9.81. The summed E-state index contributed by atoms with van der Waals surface area (Å²) in [5.41, 5.74) is 0.994. The van der Waals surface area contributed by atoms with Gasteiger partial charge in [-0.05, 0) is 17.7 Å². The van der Waals surface area contributed by atoms with Gasteiger partial charge in [0.1, 0.15) is 10.6 Å². The van der Waals surface area contributed by atoms with Crippen LogP contribution in [0, 0.1) is 0 Å². The van der Waals surface area contributed by atoms with Crippen molar-refractivity contribution in [2.75, 3.05) is 20.8 Å². The molecule has 4 nitrogen and oxygen atoms in total. The van der Waals surface area contributed by atoms with E-state index in [0.717, 1.165) is 11.3 Å². The Balaban J connectivity index is 2.37. The van der Waals surface area contributed by atoms with Crippen LogP contribution in [0.2, 0.25) is 0 Å². The predicted molar refractivity (Wildman–Crippen MR) is 67.4 cm³/mol. The average molecular weight is 303 g/mol. The van der Waals surface area contributed by atoms with Gasteiger partial charge in [-0.1, -0.05) is 28.1 Å². The Morgan fingerprint density at radius 2 is 2.18 bits per heavy atom. The molecule has 0 saturated carbocycles. The van der Waals surface area contributed by atoms with Gasteiger partial charge in [0.2, 0.25) is 0 Å². The normalized spacial score (nSPS) is 11.9. The molecule has 0 spiro atoms. The molecule has 0 saturated heterocycles. The van der Waals surface area contributed by atoms with Crippen molar-refractivity contribution in [2.24, 2.45) is 0 Å². The summed E-state index contributed by atoms with van der Waals surface area (Å²) in [4.78, 5) is 10.7. The van der Waals surface area contributed by atoms with Crippen molar-refractivity contribution in [1.82, 2.24) is 0 Å². The summed E-state index contributed by atoms with van der Waals surface area (Å²) >= 11 is 3.18. The zero-order valence-corrected chi connectivity index (χ0v) is 11.4. The number of hydrogen-bond donors (Lipinski definition) is 0. The molecule has 0 N–H and O–H groups in total. The van der Waals surface area contributed by atoms with Crippen molar-refractivity contribution in [3.05, 3.63) is 29.8 Å². The summed E-state index contributed by atoms with van der Waals surface area (Å²) in [6.07, 6.45) is 0. The van der Waals surface area contributed by atoms with Gasteiger partial charge >= 0.3 is 5.97 Å². The molecule has 1 rings (SSSR count). The summed E-state index contributed by atoms with van der Waals surface area (Å²) in [5.74, 6) is 0.449. The van der Waals surface area contributed by atoms with Crippen LogP contribution in [0.15, 0.2) is 24.3 Å². The largest absolute Gasteiger partial charge is 0.497 e. The maximum absolute atomic E-state index is 11.1. The first-order valence-corrected chi connectivity index (χ1v) is 6.01. The van der Waals surface area contributed by atoms with Gasteiger partial charge in [0.05, 0.1) is 27.4 Å². The van der Waals surface area contributed by atoms with E-state index in [4.69, 9.17) is 9.47 Å². The first-order valence-electron chi connectivity index (χ1n) is 5.10. The molecular formula is C12H15BrO4. The van der Waals surface area contributed by atoms with Crippen molar-refractivity contribution < 1.29 is 19.0 Å². The summed E-state index contributed by atoms with van der Waals surface area (Å²) < 4.78 is 15.1. The fourth-order valence-electron chi connectivity index (χ4n) is 1.24. The van der Waals surface area contributed by atoms with Crippen molar-refractivity contribution in [1.29, 1.82) is 0 Å². The quantitative estimate of drug-likeness (QED) is 0.597. The third-order valence-corrected chi connectivity index (χ3v) is 2.76. The van der Waals surface area contributed by atoms with E-state index in [0.29, 0.717) is 6.61 Å². The van der Waals surface area contributed by atoms with E-state index < -0.39 is 4.83 Å². The highest BCUT2D eigenvalue weighted by atomic mass is 79.9. The Hall–Kier alpha value is -1.07. The molecule has 1 aromatic rings. The maximum Gasteiger partial charge on any atom is 0.321 e. The molecule has 1 unspecified atom stereocenters. The first-order chi connectivity index (χ1) is 8.17. The van der Waals surface area contributed by atoms with Crippen LogP contribution in [-0.4, -0.2) is 31.6 Å². The van der Waals surface area contributed by atoms with Gasteiger partial charge in [-0.25, -0.2) is 0 Å². The Morgan fingerprint density at radius 1 is 1.41 bits per heavy atom. The second-order valence-corrected chi connectivity index (χ2v) is 4.46. The second-order valence-electron chi connectivity index (χ2n) is 3.36. The van der Waals surface area contributed by atoms with Gasteiger partial charge in [-0.2, -0.15) is 0 Å². The molecule has 0 aromatic heterocycles. The molecule has 17 heavy (non-hydrogen) atoms. The molecule has 1 atom stereocenters. The number of ether oxygens (including phenoxy) is 3. The number of alkyl halides is 1. The summed E-state index contributed by atoms with van der Waals surface area (Å²) in [7, 11) is 2.96. The van der Waals surface area contributed by atoms with E-state index in [1.165, 1.54) is 7.11 Å². The number of carbonyl (C=O) groups excluding carboxylic acids is 1. The van der Waals surface area contributed by atoms with E-state index in [1.54, 1.807) is 7.11 Å². The third kappa shape index (κ3) is 4.75. The van der Waals surface area contributed by atoms with Crippen LogP contribution in [0.25, 0.3) is 0 Å². The topological polar surface area (TPSA) is 44.8 Å². The van der Waals surface area contributed by atoms with Gasteiger partial charge in [0.15, 0.2) is 0 Å². The molecule has 0 radical (unpaired) electrons. The molecule has 0 amide bonds. The van der Waals surface area contributed by atoms with Crippen molar-refractivity contribution >= 4 is 21.9 Å². The molecule has 0 bridgehead atoms. The maximum atomic E-state index is 11.1. The minimum absolute atomic E-state index is 0.268. The van der Waals surface area contributed by atoms with Crippen LogP contribution >= 0.6 is 15.9 Å². The van der Waals surface area contributed by atoms with Crippen LogP contribution in [0.1, 0.15) is 5.56 Å². The summed E-state index contributed by atoms with van der Waals surface area (Å²) in [5, 5.41) is 0. The van der Waals surface area contributed by atoms with Gasteiger partial charge in [-0.15, -0.1) is 0 Å². The minimum atomic E-state index is -0.432. The van der Waals surface area contributed by atoms with Crippen LogP contribution in [0.3, 0.4) is 0 Å². The minimum Gasteiger partial charge on any atom is -0.497 e. The highest BCUT2D eigenvalue weighted by molar-refractivity contribution is 9.10. The predicted octanol–water partition coefficient (Wildman–Crippen LogP) is 2.15. The second kappa shape index (κ2) is 7.29. The Morgan fingerprint density at radius 3 is 2.82 bits per heavy atom. The Bertz CT molecular complexity index is 367. The van der Waals surface area contributed by atoms with Crippen molar-refractivity contribution in [3.8, 4) is 5.75 Å². The number of carbonyl (C=O) groups is 1. The summed E-state index contributed by atoms with van der Waals surface area (Å²) in [6.45, 7) is 0.695. The number of methoxy groups -OCH3 is 2. The van der Waals surface area contributed by atoms with Crippen molar-refractivity contribution in [3.63, 3.8) is 0 Å². The van der Waals surface area contributed by atoms with E-state index >= 15 is 0 Å². The molecule has 0 fully saturated rings. The summed E-state index contributed by atoms with van der Waals surface area (Å²) in [6, 6.07) is 7.58.